The van der Waals surface area contributed by atoms with Crippen LogP contribution in [-0.4, -0.2) is 30.1 Å². The summed E-state index contributed by atoms with van der Waals surface area (Å²) >= 11 is 1.29. The van der Waals surface area contributed by atoms with Crippen LogP contribution in [0.25, 0.3) is 11.1 Å². The molecular weight excluding hydrogens is 390 g/mol. The molecule has 1 aromatic heterocycles. The molecule has 0 bridgehead atoms. The normalized spacial score (nSPS) is 18.3. The van der Waals surface area contributed by atoms with E-state index in [1.54, 1.807) is 6.08 Å². The number of amides is 1. The molecule has 7 heteroatoms. The molecule has 3 rings (SSSR count). The number of aryl methyl sites for hydroxylation is 2. The van der Waals surface area contributed by atoms with Gasteiger partial charge in [-0.15, -0.1) is 11.3 Å². The maximum atomic E-state index is 12.9. The topological polar surface area (TPSA) is 92.7 Å². The summed E-state index contributed by atoms with van der Waals surface area (Å²) in [6, 6.07) is 7.76. The minimum absolute atomic E-state index is 0.297. The first-order valence-electron chi connectivity index (χ1n) is 9.30. The average Bonchev–Trinajstić information content (AvgIpc) is 3.03. The lowest BCUT2D eigenvalue weighted by Crippen LogP contribution is -2.34. The lowest BCUT2D eigenvalue weighted by atomic mass is 9.82. The predicted molar refractivity (Wildman–Crippen MR) is 112 cm³/mol. The van der Waals surface area contributed by atoms with Gasteiger partial charge in [0.1, 0.15) is 10.6 Å². The Morgan fingerprint density at radius 2 is 1.69 bits per heavy atom. The van der Waals surface area contributed by atoms with Crippen LogP contribution in [0.2, 0.25) is 0 Å². The van der Waals surface area contributed by atoms with Crippen LogP contribution in [0.3, 0.4) is 0 Å². The van der Waals surface area contributed by atoms with Gasteiger partial charge in [0.25, 0.3) is 0 Å². The van der Waals surface area contributed by atoms with E-state index in [-0.39, 0.29) is 0 Å². The van der Waals surface area contributed by atoms with Gasteiger partial charge in [0.15, 0.2) is 0 Å². The van der Waals surface area contributed by atoms with E-state index in [1.807, 2.05) is 44.2 Å². The lowest BCUT2D eigenvalue weighted by molar-refractivity contribution is -0.146. The van der Waals surface area contributed by atoms with E-state index in [0.717, 1.165) is 21.6 Å². The van der Waals surface area contributed by atoms with Crippen molar-refractivity contribution in [3.63, 3.8) is 0 Å². The van der Waals surface area contributed by atoms with Gasteiger partial charge >= 0.3 is 11.9 Å². The number of ether oxygens (including phenoxy) is 1. The monoisotopic (exact) mass is 413 g/mol. The Morgan fingerprint density at radius 3 is 2.28 bits per heavy atom. The zero-order valence-electron chi connectivity index (χ0n) is 16.5. The summed E-state index contributed by atoms with van der Waals surface area (Å²) in [5, 5.41) is 12.6. The highest BCUT2D eigenvalue weighted by atomic mass is 32.1. The number of methoxy groups -OCH3 is 1. The van der Waals surface area contributed by atoms with Crippen LogP contribution in [0.4, 0.5) is 5.00 Å². The van der Waals surface area contributed by atoms with E-state index in [9.17, 15) is 19.5 Å². The quantitative estimate of drug-likeness (QED) is 0.559. The molecule has 0 saturated carbocycles. The standard InChI is InChI=1S/C22H23NO5S/c1-12-8-10-14(11-9-12)17-13(2)29-20(18(17)22(27)28-3)23-19(24)15-6-4-5-7-16(15)21(25)26/h4-5,8-11,15-16H,6-7H2,1-3H3,(H,23,24)(H,25,26)/t15-,16-/m1/s1. The fourth-order valence-electron chi connectivity index (χ4n) is 3.58. The second-order valence-electron chi connectivity index (χ2n) is 7.08. The molecule has 0 aliphatic heterocycles. The number of rotatable bonds is 5. The second kappa shape index (κ2) is 8.61. The maximum absolute atomic E-state index is 12.9. The number of nitrogens with one attached hydrogen (secondary N) is 1. The number of allylic oxidation sites excluding steroid dienone is 2. The van der Waals surface area contributed by atoms with Crippen LogP contribution in [0.15, 0.2) is 36.4 Å². The molecule has 1 amide bonds. The van der Waals surface area contributed by atoms with Gasteiger partial charge in [-0.1, -0.05) is 42.0 Å². The van der Waals surface area contributed by atoms with Gasteiger partial charge in [-0.05, 0) is 32.3 Å². The van der Waals surface area contributed by atoms with E-state index >= 15 is 0 Å². The van der Waals surface area contributed by atoms with E-state index < -0.39 is 29.7 Å². The highest BCUT2D eigenvalue weighted by Gasteiger charge is 2.35. The van der Waals surface area contributed by atoms with Crippen molar-refractivity contribution in [2.75, 3.05) is 12.4 Å². The fourth-order valence-corrected chi connectivity index (χ4v) is 4.65. The Bertz CT molecular complexity index is 974. The first-order chi connectivity index (χ1) is 13.8. The molecule has 2 atom stereocenters. The van der Waals surface area contributed by atoms with Crippen LogP contribution in [0, 0.1) is 25.7 Å². The van der Waals surface area contributed by atoms with Crippen molar-refractivity contribution in [3.8, 4) is 11.1 Å². The summed E-state index contributed by atoms with van der Waals surface area (Å²) in [6.07, 6.45) is 4.27. The molecule has 29 heavy (non-hydrogen) atoms. The van der Waals surface area contributed by atoms with Crippen molar-refractivity contribution < 1.29 is 24.2 Å². The first-order valence-corrected chi connectivity index (χ1v) is 10.1. The Morgan fingerprint density at radius 1 is 1.07 bits per heavy atom. The molecule has 1 aromatic carbocycles. The van der Waals surface area contributed by atoms with E-state index in [4.69, 9.17) is 4.74 Å². The molecule has 152 valence electrons. The minimum atomic E-state index is -0.995. The average molecular weight is 413 g/mol. The molecule has 0 saturated heterocycles. The summed E-state index contributed by atoms with van der Waals surface area (Å²) in [6.45, 7) is 3.86. The maximum Gasteiger partial charge on any atom is 0.341 e. The molecular formula is C22H23NO5S. The summed E-state index contributed by atoms with van der Waals surface area (Å²) in [5.74, 6) is -3.40. The van der Waals surface area contributed by atoms with Gasteiger partial charge in [0.2, 0.25) is 5.91 Å². The van der Waals surface area contributed by atoms with Crippen LogP contribution in [0.5, 0.6) is 0 Å². The van der Waals surface area contributed by atoms with Gasteiger partial charge in [0.05, 0.1) is 18.9 Å². The summed E-state index contributed by atoms with van der Waals surface area (Å²) in [7, 11) is 1.30. The molecule has 0 radical (unpaired) electrons. The summed E-state index contributed by atoms with van der Waals surface area (Å²) in [4.78, 5) is 37.9. The van der Waals surface area contributed by atoms with Crippen molar-refractivity contribution in [1.29, 1.82) is 0 Å². The van der Waals surface area contributed by atoms with Crippen molar-refractivity contribution in [1.82, 2.24) is 0 Å². The number of carbonyl (C=O) groups excluding carboxylic acids is 2. The SMILES string of the molecule is COC(=O)c1c(NC(=O)[C@@H]2CC=CC[C@H]2C(=O)O)sc(C)c1-c1ccc(C)cc1. The molecule has 1 aliphatic rings. The molecule has 1 heterocycles. The number of carboxylic acids is 1. The Labute approximate surface area is 173 Å². The zero-order valence-corrected chi connectivity index (χ0v) is 17.3. The van der Waals surface area contributed by atoms with E-state index in [0.29, 0.717) is 23.4 Å². The number of hydrogen-bond donors (Lipinski definition) is 2. The van der Waals surface area contributed by atoms with Crippen molar-refractivity contribution in [2.24, 2.45) is 11.8 Å². The third-order valence-corrected chi connectivity index (χ3v) is 6.16. The Hall–Kier alpha value is -2.93. The van der Waals surface area contributed by atoms with Gasteiger partial charge < -0.3 is 15.2 Å². The van der Waals surface area contributed by atoms with Crippen molar-refractivity contribution in [2.45, 2.75) is 26.7 Å². The van der Waals surface area contributed by atoms with Crippen LogP contribution in [-0.2, 0) is 14.3 Å². The molecule has 2 aromatic rings. The predicted octanol–water partition coefficient (Wildman–Crippen LogP) is 4.42. The Balaban J connectivity index is 1.99. The number of thiophene rings is 1. The highest BCUT2D eigenvalue weighted by Crippen LogP contribution is 2.41. The van der Waals surface area contributed by atoms with E-state index in [1.165, 1.54) is 18.4 Å². The lowest BCUT2D eigenvalue weighted by Gasteiger charge is -2.24. The number of benzene rings is 1. The molecule has 1 aliphatic carbocycles. The molecule has 2 N–H and O–H groups in total. The van der Waals surface area contributed by atoms with Gasteiger partial charge in [-0.2, -0.15) is 0 Å². The number of esters is 1. The van der Waals surface area contributed by atoms with Crippen molar-refractivity contribution >= 4 is 34.2 Å². The van der Waals surface area contributed by atoms with Crippen LogP contribution < -0.4 is 5.32 Å². The molecule has 0 spiro atoms. The smallest absolute Gasteiger partial charge is 0.341 e. The third-order valence-electron chi connectivity index (χ3n) is 5.14. The largest absolute Gasteiger partial charge is 0.481 e. The van der Waals surface area contributed by atoms with Crippen LogP contribution >= 0.6 is 11.3 Å². The minimum Gasteiger partial charge on any atom is -0.481 e. The fraction of sp³-hybridized carbons (Fsp3) is 0.318. The first kappa shape index (κ1) is 20.8. The Kier molecular flexibility index (Phi) is 6.17. The molecule has 6 nitrogen and oxygen atoms in total. The van der Waals surface area contributed by atoms with Crippen molar-refractivity contribution in [3.05, 3.63) is 52.4 Å². The number of aliphatic carboxylic acids is 1. The second-order valence-corrected chi connectivity index (χ2v) is 8.30. The highest BCUT2D eigenvalue weighted by molar-refractivity contribution is 7.17. The molecule has 0 unspecified atom stereocenters. The van der Waals surface area contributed by atoms with Crippen LogP contribution in [0.1, 0.15) is 33.6 Å². The summed E-state index contributed by atoms with van der Waals surface area (Å²) < 4.78 is 4.97. The van der Waals surface area contributed by atoms with Gasteiger partial charge in [-0.3, -0.25) is 9.59 Å². The number of hydrogen-bond acceptors (Lipinski definition) is 5. The van der Waals surface area contributed by atoms with Gasteiger partial charge in [0, 0.05) is 10.4 Å². The summed E-state index contributed by atoms with van der Waals surface area (Å²) in [5.41, 5.74) is 2.97. The van der Waals surface area contributed by atoms with E-state index in [2.05, 4.69) is 5.32 Å². The zero-order chi connectivity index (χ0) is 21.1. The number of carbonyl (C=O) groups is 3. The molecule has 0 fully saturated rings. The number of carboxylic acid groups (broad SMARTS) is 1. The number of anilines is 1. The van der Waals surface area contributed by atoms with Gasteiger partial charge in [-0.25, -0.2) is 4.79 Å². The third kappa shape index (κ3) is 4.24.